The number of rotatable bonds is 6. The Kier molecular flexibility index (Phi) is 6.94. The molecule has 1 fully saturated rings. The van der Waals surface area contributed by atoms with Gasteiger partial charge >= 0.3 is 0 Å². The topological polar surface area (TPSA) is 97.2 Å². The largest absolute Gasteiger partial charge is 0.297 e. The van der Waals surface area contributed by atoms with Crippen LogP contribution in [0.4, 0.5) is 10.3 Å². The molecule has 4 rings (SSSR count). The quantitative estimate of drug-likeness (QED) is 0.443. The number of thioether (sulfide) groups is 1. The van der Waals surface area contributed by atoms with E-state index >= 15 is 0 Å². The smallest absolute Gasteiger partial charge is 0.270 e. The fraction of sp³-hybridized carbons (Fsp3) is 0.217. The van der Waals surface area contributed by atoms with Crippen LogP contribution in [0.2, 0.25) is 0 Å². The summed E-state index contributed by atoms with van der Waals surface area (Å²) in [6, 6.07) is 15.5. The van der Waals surface area contributed by atoms with Gasteiger partial charge in [-0.25, -0.2) is 14.8 Å². The summed E-state index contributed by atoms with van der Waals surface area (Å²) in [6.07, 6.45) is 1.58. The highest BCUT2D eigenvalue weighted by molar-refractivity contribution is 7.99. The van der Waals surface area contributed by atoms with Crippen molar-refractivity contribution in [3.8, 4) is 17.3 Å². The minimum Gasteiger partial charge on any atom is -0.297 e. The predicted octanol–water partition coefficient (Wildman–Crippen LogP) is 3.44. The number of hydrogen-bond donors (Lipinski definition) is 2. The lowest BCUT2D eigenvalue weighted by atomic mass is 10.1. The summed E-state index contributed by atoms with van der Waals surface area (Å²) in [5.41, 5.74) is 4.66. The number of hydrogen-bond acceptors (Lipinski definition) is 7. The molecular weight excluding hydrogens is 427 g/mol. The van der Waals surface area contributed by atoms with Crippen molar-refractivity contribution in [2.75, 3.05) is 30.0 Å². The summed E-state index contributed by atoms with van der Waals surface area (Å²) in [5.74, 6) is 1.96. The molecule has 0 amide bonds. The van der Waals surface area contributed by atoms with Gasteiger partial charge in [-0.2, -0.15) is 22.1 Å². The first kappa shape index (κ1) is 21.7. The number of nitrogens with zero attached hydrogens (tertiary/aromatic N) is 4. The van der Waals surface area contributed by atoms with Crippen molar-refractivity contribution in [1.82, 2.24) is 14.9 Å². The van der Waals surface area contributed by atoms with Crippen molar-refractivity contribution in [3.63, 3.8) is 0 Å². The summed E-state index contributed by atoms with van der Waals surface area (Å²) in [4.78, 5) is 21.5. The molecule has 1 aliphatic rings. The van der Waals surface area contributed by atoms with Crippen LogP contribution in [-0.2, 0) is 6.54 Å². The summed E-state index contributed by atoms with van der Waals surface area (Å²) in [6.45, 7) is 2.58. The third-order valence-electron chi connectivity index (χ3n) is 5.06. The molecule has 0 atom stereocenters. The van der Waals surface area contributed by atoms with Gasteiger partial charge in [0.1, 0.15) is 17.4 Å². The SMILES string of the molecule is N#Cc1c(-c2ccccc2)nc(NN=Cc2ccc(F)cc2CN2CCSCC2)[nH]c1=O. The average molecular weight is 449 g/mol. The Morgan fingerprint density at radius 1 is 1.25 bits per heavy atom. The van der Waals surface area contributed by atoms with Crippen LogP contribution in [0.3, 0.4) is 0 Å². The van der Waals surface area contributed by atoms with Crippen LogP contribution in [0.25, 0.3) is 11.3 Å². The summed E-state index contributed by atoms with van der Waals surface area (Å²) in [7, 11) is 0. The van der Waals surface area contributed by atoms with Crippen LogP contribution in [0.5, 0.6) is 0 Å². The van der Waals surface area contributed by atoms with Gasteiger partial charge in [0.15, 0.2) is 0 Å². The molecule has 3 aromatic rings. The molecule has 2 aromatic carbocycles. The monoisotopic (exact) mass is 448 g/mol. The molecule has 162 valence electrons. The number of aromatic amines is 1. The van der Waals surface area contributed by atoms with Crippen molar-refractivity contribution in [2.24, 2.45) is 5.10 Å². The van der Waals surface area contributed by atoms with E-state index in [2.05, 4.69) is 25.4 Å². The standard InChI is InChI=1S/C23H21FN6OS/c24-19-7-6-17(18(12-19)15-30-8-10-32-11-9-30)14-26-29-23-27-21(16-4-2-1-3-5-16)20(13-25)22(31)28-23/h1-7,12,14H,8-11,15H2,(H2,27,28,29,31). The fourth-order valence-corrected chi connectivity index (χ4v) is 4.41. The molecule has 0 saturated carbocycles. The number of aromatic nitrogens is 2. The highest BCUT2D eigenvalue weighted by Crippen LogP contribution is 2.20. The number of nitriles is 1. The second kappa shape index (κ2) is 10.2. The summed E-state index contributed by atoms with van der Waals surface area (Å²) in [5, 5.41) is 13.6. The minimum atomic E-state index is -0.551. The van der Waals surface area contributed by atoms with Crippen molar-refractivity contribution in [2.45, 2.75) is 6.54 Å². The van der Waals surface area contributed by atoms with E-state index in [1.165, 1.54) is 12.1 Å². The van der Waals surface area contributed by atoms with Gasteiger partial charge in [0.05, 0.1) is 11.9 Å². The highest BCUT2D eigenvalue weighted by atomic mass is 32.2. The molecule has 2 heterocycles. The highest BCUT2D eigenvalue weighted by Gasteiger charge is 2.14. The maximum atomic E-state index is 13.9. The van der Waals surface area contributed by atoms with Crippen molar-refractivity contribution >= 4 is 23.9 Å². The summed E-state index contributed by atoms with van der Waals surface area (Å²) < 4.78 is 13.9. The van der Waals surface area contributed by atoms with Gasteiger partial charge in [-0.1, -0.05) is 36.4 Å². The number of nitrogens with one attached hydrogen (secondary N) is 2. The van der Waals surface area contributed by atoms with Crippen LogP contribution in [-0.4, -0.2) is 45.7 Å². The molecule has 0 aliphatic carbocycles. The van der Waals surface area contributed by atoms with E-state index in [0.29, 0.717) is 12.1 Å². The molecule has 9 heteroatoms. The van der Waals surface area contributed by atoms with Crippen LogP contribution in [0.1, 0.15) is 16.7 Å². The lowest BCUT2D eigenvalue weighted by Gasteiger charge is -2.26. The van der Waals surface area contributed by atoms with Gasteiger partial charge in [0.2, 0.25) is 5.95 Å². The van der Waals surface area contributed by atoms with Gasteiger partial charge in [-0.15, -0.1) is 0 Å². The van der Waals surface area contributed by atoms with Crippen molar-refractivity contribution in [3.05, 3.63) is 81.4 Å². The third-order valence-corrected chi connectivity index (χ3v) is 6.00. The van der Waals surface area contributed by atoms with Crippen molar-refractivity contribution in [1.29, 1.82) is 5.26 Å². The molecule has 1 aliphatic heterocycles. The number of benzene rings is 2. The second-order valence-corrected chi connectivity index (χ2v) is 8.44. The Balaban J connectivity index is 1.56. The zero-order valence-electron chi connectivity index (χ0n) is 17.2. The molecule has 2 N–H and O–H groups in total. The summed E-state index contributed by atoms with van der Waals surface area (Å²) >= 11 is 1.92. The van der Waals surface area contributed by atoms with Crippen LogP contribution < -0.4 is 11.0 Å². The second-order valence-electron chi connectivity index (χ2n) is 7.22. The Bertz CT molecular complexity index is 1220. The number of hydrazone groups is 1. The van der Waals surface area contributed by atoms with Crippen LogP contribution in [0.15, 0.2) is 58.4 Å². The number of halogens is 1. The van der Waals surface area contributed by atoms with E-state index in [0.717, 1.165) is 35.7 Å². The van der Waals surface area contributed by atoms with Crippen molar-refractivity contribution < 1.29 is 4.39 Å². The van der Waals surface area contributed by atoms with Gasteiger partial charge < -0.3 is 0 Å². The van der Waals surface area contributed by atoms with Gasteiger partial charge in [-0.05, 0) is 23.3 Å². The van der Waals surface area contributed by atoms with Gasteiger partial charge in [0.25, 0.3) is 5.56 Å². The molecule has 0 bridgehead atoms. The zero-order valence-corrected chi connectivity index (χ0v) is 18.0. The van der Waals surface area contributed by atoms with E-state index in [1.54, 1.807) is 24.4 Å². The minimum absolute atomic E-state index is 0.0637. The molecule has 32 heavy (non-hydrogen) atoms. The van der Waals surface area contributed by atoms with E-state index in [4.69, 9.17) is 0 Å². The van der Waals surface area contributed by atoms with Crippen LogP contribution >= 0.6 is 11.8 Å². The van der Waals surface area contributed by atoms with Gasteiger partial charge in [0, 0.05) is 36.7 Å². The lowest BCUT2D eigenvalue weighted by Crippen LogP contribution is -2.32. The lowest BCUT2D eigenvalue weighted by molar-refractivity contribution is 0.294. The molecule has 0 spiro atoms. The number of anilines is 1. The third kappa shape index (κ3) is 5.22. The maximum absolute atomic E-state index is 13.9. The molecular formula is C23H21FN6OS. The van der Waals surface area contributed by atoms with E-state index in [9.17, 15) is 14.4 Å². The fourth-order valence-electron chi connectivity index (χ4n) is 3.44. The maximum Gasteiger partial charge on any atom is 0.270 e. The Morgan fingerprint density at radius 2 is 2.03 bits per heavy atom. The molecule has 1 aromatic heterocycles. The Hall–Kier alpha value is -3.48. The molecule has 0 unspecified atom stereocenters. The van der Waals surface area contributed by atoms with Gasteiger partial charge in [-0.3, -0.25) is 14.7 Å². The Morgan fingerprint density at radius 3 is 2.78 bits per heavy atom. The normalized spacial score (nSPS) is 14.4. The van der Waals surface area contributed by atoms with E-state index < -0.39 is 5.56 Å². The number of H-pyrrole nitrogens is 1. The molecule has 7 nitrogen and oxygen atoms in total. The Labute approximate surface area is 189 Å². The van der Waals surface area contributed by atoms with E-state index in [1.807, 2.05) is 36.0 Å². The average Bonchev–Trinajstić information content (AvgIpc) is 2.81. The predicted molar refractivity (Wildman–Crippen MR) is 125 cm³/mol. The molecule has 0 radical (unpaired) electrons. The van der Waals surface area contributed by atoms with E-state index in [-0.39, 0.29) is 23.0 Å². The molecule has 1 saturated heterocycles. The first-order chi connectivity index (χ1) is 15.6. The first-order valence-corrected chi connectivity index (χ1v) is 11.3. The first-order valence-electron chi connectivity index (χ1n) is 10.1. The van der Waals surface area contributed by atoms with Crippen LogP contribution in [0, 0.1) is 17.1 Å². The zero-order chi connectivity index (χ0) is 22.3.